The topological polar surface area (TPSA) is 65.5 Å². The Hall–Kier alpha value is -1.14. The number of anilines is 1. The Morgan fingerprint density at radius 3 is 2.75 bits per heavy atom. The highest BCUT2D eigenvalue weighted by molar-refractivity contribution is 9.10. The molecule has 0 aliphatic rings. The molecule has 2 N–H and O–H groups in total. The molecule has 1 aromatic rings. The zero-order chi connectivity index (χ0) is 15.3. The molecule has 0 spiro atoms. The number of hydrogen-bond donors (Lipinski definition) is 2. The Morgan fingerprint density at radius 1 is 1.55 bits per heavy atom. The minimum Gasteiger partial charge on any atom is -0.391 e. The molecule has 0 saturated carbocycles. The fraction of sp³-hybridized carbons (Fsp3) is 0.571. The Kier molecular flexibility index (Phi) is 6.42. The number of carbonyl (C=O) groups excluding carboxylic acids is 1. The Bertz CT molecular complexity index is 466. The van der Waals surface area contributed by atoms with Crippen molar-refractivity contribution in [3.05, 3.63) is 22.3 Å². The first kappa shape index (κ1) is 16.9. The molecule has 0 aliphatic carbocycles. The summed E-state index contributed by atoms with van der Waals surface area (Å²) in [5.74, 6) is 0.526. The summed E-state index contributed by atoms with van der Waals surface area (Å²) in [5, 5.41) is 12.7. The predicted molar refractivity (Wildman–Crippen MR) is 84.1 cm³/mol. The SMILES string of the molecule is CCC(C)C(O)CNC(=O)c1cc(Br)cnc1N(C)C. The average Bonchev–Trinajstić information content (AvgIpc) is 2.42. The van der Waals surface area contributed by atoms with Gasteiger partial charge in [-0.2, -0.15) is 0 Å². The first-order valence-corrected chi connectivity index (χ1v) is 7.45. The molecule has 0 bridgehead atoms. The van der Waals surface area contributed by atoms with Gasteiger partial charge < -0.3 is 15.3 Å². The van der Waals surface area contributed by atoms with Gasteiger partial charge in [0.15, 0.2) is 0 Å². The number of nitrogens with one attached hydrogen (secondary N) is 1. The smallest absolute Gasteiger partial charge is 0.255 e. The second kappa shape index (κ2) is 7.59. The van der Waals surface area contributed by atoms with E-state index >= 15 is 0 Å². The van der Waals surface area contributed by atoms with E-state index in [0.717, 1.165) is 10.9 Å². The quantitative estimate of drug-likeness (QED) is 0.829. The van der Waals surface area contributed by atoms with Crippen LogP contribution in [0.1, 0.15) is 30.6 Å². The number of aliphatic hydroxyl groups excluding tert-OH is 1. The average molecular weight is 344 g/mol. The number of amides is 1. The lowest BCUT2D eigenvalue weighted by atomic mass is 10.0. The van der Waals surface area contributed by atoms with E-state index in [0.29, 0.717) is 11.4 Å². The number of carbonyl (C=O) groups is 1. The summed E-state index contributed by atoms with van der Waals surface area (Å²) < 4.78 is 0.746. The minimum atomic E-state index is -0.535. The van der Waals surface area contributed by atoms with Crippen LogP contribution in [0.15, 0.2) is 16.7 Å². The Balaban J connectivity index is 2.79. The largest absolute Gasteiger partial charge is 0.391 e. The zero-order valence-corrected chi connectivity index (χ0v) is 13.9. The molecule has 2 unspecified atom stereocenters. The molecule has 1 amide bonds. The van der Waals surface area contributed by atoms with Crippen molar-refractivity contribution in [2.45, 2.75) is 26.4 Å². The molecule has 20 heavy (non-hydrogen) atoms. The van der Waals surface area contributed by atoms with Crippen LogP contribution in [0.5, 0.6) is 0 Å². The van der Waals surface area contributed by atoms with Gasteiger partial charge in [-0.15, -0.1) is 0 Å². The molecule has 0 aliphatic heterocycles. The van der Waals surface area contributed by atoms with E-state index in [9.17, 15) is 9.90 Å². The third-order valence-corrected chi connectivity index (χ3v) is 3.71. The second-order valence-corrected chi connectivity index (χ2v) is 6.00. The van der Waals surface area contributed by atoms with Crippen molar-refractivity contribution in [3.8, 4) is 0 Å². The number of hydrogen-bond acceptors (Lipinski definition) is 4. The molecule has 1 rings (SSSR count). The van der Waals surface area contributed by atoms with E-state index in [2.05, 4.69) is 26.2 Å². The molecule has 1 aromatic heterocycles. The van der Waals surface area contributed by atoms with Gasteiger partial charge >= 0.3 is 0 Å². The first-order valence-electron chi connectivity index (χ1n) is 6.66. The van der Waals surface area contributed by atoms with Gasteiger partial charge in [0.25, 0.3) is 5.91 Å². The lowest BCUT2D eigenvalue weighted by Crippen LogP contribution is -2.36. The highest BCUT2D eigenvalue weighted by atomic mass is 79.9. The van der Waals surface area contributed by atoms with Gasteiger partial charge in [-0.05, 0) is 27.9 Å². The van der Waals surface area contributed by atoms with Gasteiger partial charge in [-0.3, -0.25) is 4.79 Å². The van der Waals surface area contributed by atoms with E-state index < -0.39 is 6.10 Å². The molecule has 112 valence electrons. The molecule has 6 heteroatoms. The normalized spacial score (nSPS) is 13.7. The summed E-state index contributed by atoms with van der Waals surface area (Å²) in [4.78, 5) is 18.2. The van der Waals surface area contributed by atoms with Crippen LogP contribution >= 0.6 is 15.9 Å². The van der Waals surface area contributed by atoms with Crippen LogP contribution in [0, 0.1) is 5.92 Å². The number of rotatable bonds is 6. The van der Waals surface area contributed by atoms with E-state index in [4.69, 9.17) is 0 Å². The second-order valence-electron chi connectivity index (χ2n) is 5.08. The maximum atomic E-state index is 12.2. The molecular formula is C14H22BrN3O2. The van der Waals surface area contributed by atoms with Gasteiger partial charge in [-0.1, -0.05) is 20.3 Å². The van der Waals surface area contributed by atoms with Crippen molar-refractivity contribution in [1.29, 1.82) is 0 Å². The molecule has 1 heterocycles. The first-order chi connectivity index (χ1) is 9.36. The molecule has 5 nitrogen and oxygen atoms in total. The van der Waals surface area contributed by atoms with Crippen LogP contribution < -0.4 is 10.2 Å². The number of aliphatic hydroxyl groups is 1. The van der Waals surface area contributed by atoms with Crippen LogP contribution in [0.2, 0.25) is 0 Å². The van der Waals surface area contributed by atoms with E-state index in [1.165, 1.54) is 0 Å². The number of aromatic nitrogens is 1. The molecule has 2 atom stereocenters. The maximum Gasteiger partial charge on any atom is 0.255 e. The predicted octanol–water partition coefficient (Wildman–Crippen LogP) is 2.05. The van der Waals surface area contributed by atoms with Crippen molar-refractivity contribution >= 4 is 27.7 Å². The Morgan fingerprint density at radius 2 is 2.20 bits per heavy atom. The van der Waals surface area contributed by atoms with Crippen LogP contribution in [-0.4, -0.2) is 42.7 Å². The summed E-state index contributed by atoms with van der Waals surface area (Å²) >= 11 is 3.32. The van der Waals surface area contributed by atoms with Crippen molar-refractivity contribution in [2.24, 2.45) is 5.92 Å². The summed E-state index contributed by atoms with van der Waals surface area (Å²) in [6.07, 6.45) is 1.99. The third kappa shape index (κ3) is 4.45. The van der Waals surface area contributed by atoms with Crippen molar-refractivity contribution in [2.75, 3.05) is 25.5 Å². The maximum absolute atomic E-state index is 12.2. The Labute approximate surface area is 128 Å². The highest BCUT2D eigenvalue weighted by Crippen LogP contribution is 2.20. The lowest BCUT2D eigenvalue weighted by Gasteiger charge is -2.19. The van der Waals surface area contributed by atoms with E-state index in [1.807, 2.05) is 27.9 Å². The fourth-order valence-corrected chi connectivity index (χ4v) is 2.05. The van der Waals surface area contributed by atoms with E-state index in [-0.39, 0.29) is 18.4 Å². The molecular weight excluding hydrogens is 322 g/mol. The number of halogens is 1. The number of pyridine rings is 1. The van der Waals surface area contributed by atoms with Crippen molar-refractivity contribution in [3.63, 3.8) is 0 Å². The van der Waals surface area contributed by atoms with Crippen LogP contribution in [0.3, 0.4) is 0 Å². The molecule has 0 saturated heterocycles. The number of nitrogens with zero attached hydrogens (tertiary/aromatic N) is 2. The van der Waals surface area contributed by atoms with Gasteiger partial charge in [0.2, 0.25) is 0 Å². The highest BCUT2D eigenvalue weighted by Gasteiger charge is 2.18. The summed E-state index contributed by atoms with van der Waals surface area (Å²) in [5.41, 5.74) is 0.487. The third-order valence-electron chi connectivity index (χ3n) is 3.27. The summed E-state index contributed by atoms with van der Waals surface area (Å²) in [6.45, 7) is 4.22. The minimum absolute atomic E-state index is 0.157. The fourth-order valence-electron chi connectivity index (χ4n) is 1.72. The van der Waals surface area contributed by atoms with Gasteiger partial charge in [-0.25, -0.2) is 4.98 Å². The van der Waals surface area contributed by atoms with Gasteiger partial charge in [0.05, 0.1) is 11.7 Å². The summed E-state index contributed by atoms with van der Waals surface area (Å²) in [7, 11) is 3.67. The van der Waals surface area contributed by atoms with Crippen molar-refractivity contribution < 1.29 is 9.90 Å². The van der Waals surface area contributed by atoms with Crippen molar-refractivity contribution in [1.82, 2.24) is 10.3 Å². The molecule has 0 radical (unpaired) electrons. The zero-order valence-electron chi connectivity index (χ0n) is 12.4. The van der Waals surface area contributed by atoms with Gasteiger partial charge in [0, 0.05) is 31.3 Å². The monoisotopic (exact) mass is 343 g/mol. The lowest BCUT2D eigenvalue weighted by molar-refractivity contribution is 0.0850. The molecule has 0 aromatic carbocycles. The van der Waals surface area contributed by atoms with E-state index in [1.54, 1.807) is 17.2 Å². The summed E-state index contributed by atoms with van der Waals surface area (Å²) in [6, 6.07) is 1.73. The van der Waals surface area contributed by atoms with Gasteiger partial charge in [0.1, 0.15) is 5.82 Å². The molecule has 0 fully saturated rings. The van der Waals surface area contributed by atoms with Crippen LogP contribution in [0.4, 0.5) is 5.82 Å². The van der Waals surface area contributed by atoms with Crippen LogP contribution in [0.25, 0.3) is 0 Å². The standard InChI is InChI=1S/C14H22BrN3O2/c1-5-9(2)12(19)8-17-14(20)11-6-10(15)7-16-13(11)18(3)4/h6-7,9,12,19H,5,8H2,1-4H3,(H,17,20). The van der Waals surface area contributed by atoms with Crippen LogP contribution in [-0.2, 0) is 0 Å².